The molecule has 0 spiro atoms. The van der Waals surface area contributed by atoms with E-state index in [9.17, 15) is 0 Å². The van der Waals surface area contributed by atoms with Crippen LogP contribution in [0, 0.1) is 13.8 Å². The number of thioether (sulfide) groups is 1. The molecule has 0 heterocycles. The second kappa shape index (κ2) is 9.14. The minimum Gasteiger partial charge on any atom is -0.467 e. The van der Waals surface area contributed by atoms with E-state index in [1.54, 1.807) is 7.11 Å². The Morgan fingerprint density at radius 1 is 1.00 bits per heavy atom. The number of aryl methyl sites for hydroxylation is 3. The fourth-order valence-corrected chi connectivity index (χ4v) is 3.55. The number of hydrogen-bond acceptors (Lipinski definition) is 3. The van der Waals surface area contributed by atoms with Gasteiger partial charge in [-0.1, -0.05) is 32.0 Å². The average molecular weight is 345 g/mol. The Balaban J connectivity index is 1.99. The molecule has 0 amide bonds. The monoisotopic (exact) mass is 344 g/mol. The summed E-state index contributed by atoms with van der Waals surface area (Å²) >= 11 is 1.92. The van der Waals surface area contributed by atoms with Crippen LogP contribution in [0.15, 0.2) is 41.3 Å². The largest absolute Gasteiger partial charge is 0.467 e. The summed E-state index contributed by atoms with van der Waals surface area (Å²) in [6, 6.07) is 13.2. The molecule has 2 aromatic carbocycles. The first-order valence-corrected chi connectivity index (χ1v) is 9.44. The van der Waals surface area contributed by atoms with Crippen molar-refractivity contribution in [2.75, 3.05) is 19.7 Å². The van der Waals surface area contributed by atoms with Crippen molar-refractivity contribution in [3.05, 3.63) is 58.7 Å². The third kappa shape index (κ3) is 5.29. The molecule has 2 nitrogen and oxygen atoms in total. The van der Waals surface area contributed by atoms with Crippen molar-refractivity contribution in [3.8, 4) is 5.75 Å². The van der Waals surface area contributed by atoms with Crippen molar-refractivity contribution in [1.82, 2.24) is 0 Å². The van der Waals surface area contributed by atoms with Crippen LogP contribution in [0.4, 0.5) is 0 Å². The van der Waals surface area contributed by atoms with Crippen LogP contribution in [0.3, 0.4) is 0 Å². The fourth-order valence-electron chi connectivity index (χ4n) is 2.55. The third-order valence-electron chi connectivity index (χ3n) is 4.17. The van der Waals surface area contributed by atoms with E-state index in [4.69, 9.17) is 9.47 Å². The van der Waals surface area contributed by atoms with Crippen molar-refractivity contribution in [1.29, 1.82) is 0 Å². The maximum absolute atomic E-state index is 5.67. The van der Waals surface area contributed by atoms with Crippen LogP contribution < -0.4 is 4.74 Å². The first-order chi connectivity index (χ1) is 11.5. The molecule has 0 saturated carbocycles. The van der Waals surface area contributed by atoms with Crippen LogP contribution in [0.1, 0.15) is 42.0 Å². The van der Waals surface area contributed by atoms with Gasteiger partial charge in [-0.05, 0) is 66.6 Å². The highest BCUT2D eigenvalue weighted by atomic mass is 32.2. The Morgan fingerprint density at radius 3 is 2.46 bits per heavy atom. The predicted molar refractivity (Wildman–Crippen MR) is 103 cm³/mol. The summed E-state index contributed by atoms with van der Waals surface area (Å²) in [6.07, 6.45) is 1.06. The highest BCUT2D eigenvalue weighted by Gasteiger charge is 2.09. The van der Waals surface area contributed by atoms with Gasteiger partial charge < -0.3 is 9.47 Å². The van der Waals surface area contributed by atoms with Crippen LogP contribution in [0.5, 0.6) is 5.75 Å². The van der Waals surface area contributed by atoms with Gasteiger partial charge in [0.2, 0.25) is 0 Å². The summed E-state index contributed by atoms with van der Waals surface area (Å²) in [6.45, 7) is 9.02. The van der Waals surface area contributed by atoms with Crippen molar-refractivity contribution >= 4 is 11.8 Å². The van der Waals surface area contributed by atoms with Crippen LogP contribution in [0.2, 0.25) is 0 Å². The Kier molecular flexibility index (Phi) is 7.19. The van der Waals surface area contributed by atoms with E-state index in [-0.39, 0.29) is 0 Å². The molecule has 0 atom stereocenters. The van der Waals surface area contributed by atoms with E-state index in [2.05, 4.69) is 64.1 Å². The molecule has 24 heavy (non-hydrogen) atoms. The topological polar surface area (TPSA) is 18.5 Å². The number of rotatable bonds is 8. The summed E-state index contributed by atoms with van der Waals surface area (Å²) in [5, 5.41) is 0. The molecule has 0 saturated heterocycles. The van der Waals surface area contributed by atoms with E-state index < -0.39 is 0 Å². The lowest BCUT2D eigenvalue weighted by molar-refractivity contribution is 0.0502. The van der Waals surface area contributed by atoms with Crippen LogP contribution in [-0.4, -0.2) is 19.7 Å². The maximum atomic E-state index is 5.67. The zero-order valence-electron chi connectivity index (χ0n) is 15.4. The van der Waals surface area contributed by atoms with Gasteiger partial charge in [-0.15, -0.1) is 11.8 Å². The second-order valence-electron chi connectivity index (χ2n) is 6.42. The van der Waals surface area contributed by atoms with Gasteiger partial charge in [-0.2, -0.15) is 0 Å². The highest BCUT2D eigenvalue weighted by Crippen LogP contribution is 2.29. The second-order valence-corrected chi connectivity index (χ2v) is 7.59. The lowest BCUT2D eigenvalue weighted by atomic mass is 9.99. The minimum atomic E-state index is 0.293. The molecule has 3 heteroatoms. The smallest absolute Gasteiger partial charge is 0.188 e. The first kappa shape index (κ1) is 18.9. The van der Waals surface area contributed by atoms with Gasteiger partial charge in [0.15, 0.2) is 6.79 Å². The first-order valence-electron chi connectivity index (χ1n) is 8.46. The summed E-state index contributed by atoms with van der Waals surface area (Å²) in [5.74, 6) is 2.44. The zero-order chi connectivity index (χ0) is 17.5. The van der Waals surface area contributed by atoms with E-state index in [0.29, 0.717) is 12.7 Å². The number of ether oxygens (including phenoxy) is 2. The Morgan fingerprint density at radius 2 is 1.79 bits per heavy atom. The molecular formula is C21H28O2S. The molecule has 0 N–H and O–H groups in total. The number of methoxy groups -OCH3 is 1. The van der Waals surface area contributed by atoms with Gasteiger partial charge in [0, 0.05) is 17.8 Å². The van der Waals surface area contributed by atoms with Gasteiger partial charge in [-0.3, -0.25) is 0 Å². The minimum absolute atomic E-state index is 0.293. The van der Waals surface area contributed by atoms with Crippen molar-refractivity contribution in [3.63, 3.8) is 0 Å². The quantitative estimate of drug-likeness (QED) is 0.449. The van der Waals surface area contributed by atoms with Gasteiger partial charge in [0.1, 0.15) is 5.75 Å². The predicted octanol–water partition coefficient (Wildman–Crippen LogP) is 5.74. The molecule has 0 aromatic heterocycles. The molecule has 0 aliphatic rings. The van der Waals surface area contributed by atoms with Gasteiger partial charge in [0.05, 0.1) is 0 Å². The van der Waals surface area contributed by atoms with Crippen LogP contribution >= 0.6 is 11.8 Å². The summed E-state index contributed by atoms with van der Waals surface area (Å²) in [5.41, 5.74) is 5.33. The van der Waals surface area contributed by atoms with Gasteiger partial charge in [0.25, 0.3) is 0 Å². The molecule has 0 aliphatic heterocycles. The molecule has 0 bridgehead atoms. The number of benzene rings is 2. The lowest BCUT2D eigenvalue weighted by Crippen LogP contribution is -2.03. The SMILES string of the molecule is COCOc1ccc(CCSc2ccc(C)c(C)c2)cc1C(C)C. The van der Waals surface area contributed by atoms with Gasteiger partial charge in [-0.25, -0.2) is 0 Å². The van der Waals surface area contributed by atoms with Crippen molar-refractivity contribution in [2.45, 2.75) is 44.9 Å². The van der Waals surface area contributed by atoms with Crippen LogP contribution in [-0.2, 0) is 11.2 Å². The van der Waals surface area contributed by atoms with Crippen LogP contribution in [0.25, 0.3) is 0 Å². The van der Waals surface area contributed by atoms with Crippen molar-refractivity contribution in [2.24, 2.45) is 0 Å². The van der Waals surface area contributed by atoms with E-state index in [0.717, 1.165) is 17.9 Å². The molecule has 0 fully saturated rings. The highest BCUT2D eigenvalue weighted by molar-refractivity contribution is 7.99. The average Bonchev–Trinajstić information content (AvgIpc) is 2.56. The molecule has 0 aliphatic carbocycles. The summed E-state index contributed by atoms with van der Waals surface area (Å²) in [7, 11) is 1.65. The number of hydrogen-bond donors (Lipinski definition) is 0. The maximum Gasteiger partial charge on any atom is 0.188 e. The molecule has 2 aromatic rings. The molecule has 130 valence electrons. The van der Waals surface area contributed by atoms with E-state index in [1.165, 1.54) is 27.1 Å². The fraction of sp³-hybridized carbons (Fsp3) is 0.429. The Labute approximate surface area is 150 Å². The Bertz CT molecular complexity index is 665. The lowest BCUT2D eigenvalue weighted by Gasteiger charge is -2.15. The van der Waals surface area contributed by atoms with Crippen molar-refractivity contribution < 1.29 is 9.47 Å². The molecule has 2 rings (SSSR count). The Hall–Kier alpha value is -1.45. The van der Waals surface area contributed by atoms with Gasteiger partial charge >= 0.3 is 0 Å². The molecule has 0 unspecified atom stereocenters. The summed E-state index contributed by atoms with van der Waals surface area (Å²) < 4.78 is 10.7. The molecular weight excluding hydrogens is 316 g/mol. The summed E-state index contributed by atoms with van der Waals surface area (Å²) in [4.78, 5) is 1.35. The normalized spacial score (nSPS) is 11.1. The third-order valence-corrected chi connectivity index (χ3v) is 5.16. The molecule has 0 radical (unpaired) electrons. The standard InChI is InChI=1S/C21H28O2S/c1-15(2)20-13-18(7-9-21(20)23-14-22-5)10-11-24-19-8-6-16(3)17(4)12-19/h6-9,12-13,15H,10-11,14H2,1-5H3. The zero-order valence-corrected chi connectivity index (χ0v) is 16.2. The van der Waals surface area contributed by atoms with E-state index in [1.807, 2.05) is 11.8 Å². The van der Waals surface area contributed by atoms with E-state index >= 15 is 0 Å².